The van der Waals surface area contributed by atoms with Crippen molar-refractivity contribution in [3.8, 4) is 0 Å². The van der Waals surface area contributed by atoms with Crippen molar-refractivity contribution in [2.75, 3.05) is 11.5 Å². The smallest absolute Gasteiger partial charge is 0.0166 e. The second kappa shape index (κ2) is 4.28. The maximum absolute atomic E-state index is 2.36. The first-order valence-electron chi connectivity index (χ1n) is 5.13. The average molecular weight is 202 g/mol. The van der Waals surface area contributed by atoms with E-state index in [1.54, 1.807) is 0 Å². The van der Waals surface area contributed by atoms with Crippen LogP contribution in [0.2, 0.25) is 0 Å². The fourth-order valence-corrected chi connectivity index (χ4v) is 3.44. The van der Waals surface area contributed by atoms with Crippen molar-refractivity contribution in [1.29, 1.82) is 0 Å². The lowest BCUT2D eigenvalue weighted by Crippen LogP contribution is -2.05. The highest BCUT2D eigenvalue weighted by Crippen LogP contribution is 2.41. The predicted molar refractivity (Wildman–Crippen MR) is 60.1 cm³/mol. The van der Waals surface area contributed by atoms with Gasteiger partial charge in [-0.3, -0.25) is 0 Å². The molecule has 12 heavy (non-hydrogen) atoms. The maximum Gasteiger partial charge on any atom is 0.0166 e. The van der Waals surface area contributed by atoms with Crippen LogP contribution >= 0.6 is 23.5 Å². The summed E-state index contributed by atoms with van der Waals surface area (Å²) in [4.78, 5) is 0. The van der Waals surface area contributed by atoms with Gasteiger partial charge >= 0.3 is 0 Å². The van der Waals surface area contributed by atoms with Crippen molar-refractivity contribution < 1.29 is 0 Å². The standard InChI is InChI=1S/C10H18S2/c1-2-8(10-7-12-10)4-3-5-9-6-11-9/h8-10H,2-7H2,1H3. The molecule has 0 saturated carbocycles. The minimum absolute atomic E-state index is 1.05. The van der Waals surface area contributed by atoms with E-state index >= 15 is 0 Å². The van der Waals surface area contributed by atoms with Gasteiger partial charge in [-0.05, 0) is 18.8 Å². The lowest BCUT2D eigenvalue weighted by molar-refractivity contribution is 0.464. The summed E-state index contributed by atoms with van der Waals surface area (Å²) in [6.07, 6.45) is 5.91. The van der Waals surface area contributed by atoms with Gasteiger partial charge in [0.1, 0.15) is 0 Å². The van der Waals surface area contributed by atoms with Crippen molar-refractivity contribution in [2.24, 2.45) is 5.92 Å². The fraction of sp³-hybridized carbons (Fsp3) is 1.00. The highest BCUT2D eigenvalue weighted by atomic mass is 32.2. The lowest BCUT2D eigenvalue weighted by Gasteiger charge is -2.11. The van der Waals surface area contributed by atoms with Crippen LogP contribution in [0.5, 0.6) is 0 Å². The summed E-state index contributed by atoms with van der Waals surface area (Å²) in [6.45, 7) is 2.36. The molecule has 2 aliphatic rings. The third-order valence-electron chi connectivity index (χ3n) is 2.91. The highest BCUT2D eigenvalue weighted by Gasteiger charge is 2.31. The molecule has 0 aromatic carbocycles. The third-order valence-corrected chi connectivity index (χ3v) is 5.06. The van der Waals surface area contributed by atoms with Gasteiger partial charge in [-0.15, -0.1) is 0 Å². The second-order valence-corrected chi connectivity index (χ2v) is 6.53. The Hall–Kier alpha value is 0.700. The summed E-state index contributed by atoms with van der Waals surface area (Å²) in [6, 6.07) is 0. The SMILES string of the molecule is CCC(CCCC1CS1)C1CS1. The first kappa shape index (κ1) is 9.26. The molecule has 3 atom stereocenters. The first-order chi connectivity index (χ1) is 5.90. The number of hydrogen-bond donors (Lipinski definition) is 0. The number of thioether (sulfide) groups is 2. The van der Waals surface area contributed by atoms with Crippen LogP contribution < -0.4 is 0 Å². The first-order valence-corrected chi connectivity index (χ1v) is 7.23. The van der Waals surface area contributed by atoms with Crippen LogP contribution in [0.15, 0.2) is 0 Å². The number of hydrogen-bond acceptors (Lipinski definition) is 2. The zero-order chi connectivity index (χ0) is 8.39. The van der Waals surface area contributed by atoms with Gasteiger partial charge in [0.15, 0.2) is 0 Å². The van der Waals surface area contributed by atoms with E-state index in [0.717, 1.165) is 16.4 Å². The molecule has 2 aliphatic heterocycles. The normalized spacial score (nSPS) is 34.8. The zero-order valence-corrected chi connectivity index (χ0v) is 9.42. The van der Waals surface area contributed by atoms with Gasteiger partial charge in [0.25, 0.3) is 0 Å². The van der Waals surface area contributed by atoms with Crippen LogP contribution in [-0.4, -0.2) is 22.0 Å². The van der Waals surface area contributed by atoms with E-state index < -0.39 is 0 Å². The van der Waals surface area contributed by atoms with E-state index in [-0.39, 0.29) is 0 Å². The molecule has 0 nitrogen and oxygen atoms in total. The zero-order valence-electron chi connectivity index (χ0n) is 7.79. The molecule has 2 heteroatoms. The Bertz CT molecular complexity index is 139. The molecule has 0 aromatic rings. The van der Waals surface area contributed by atoms with Crippen LogP contribution in [0.1, 0.15) is 32.6 Å². The summed E-state index contributed by atoms with van der Waals surface area (Å²) in [5.41, 5.74) is 0. The molecule has 0 aliphatic carbocycles. The van der Waals surface area contributed by atoms with Crippen molar-refractivity contribution in [2.45, 2.75) is 43.1 Å². The van der Waals surface area contributed by atoms with E-state index in [9.17, 15) is 0 Å². The van der Waals surface area contributed by atoms with Gasteiger partial charge < -0.3 is 0 Å². The van der Waals surface area contributed by atoms with E-state index in [2.05, 4.69) is 30.4 Å². The Labute approximate surface area is 84.3 Å². The lowest BCUT2D eigenvalue weighted by atomic mass is 9.96. The summed E-state index contributed by atoms with van der Waals surface area (Å²) < 4.78 is 0. The fourth-order valence-electron chi connectivity index (χ4n) is 1.82. The third kappa shape index (κ3) is 2.88. The maximum atomic E-state index is 2.36. The van der Waals surface area contributed by atoms with Gasteiger partial charge in [-0.2, -0.15) is 23.5 Å². The molecule has 2 heterocycles. The predicted octanol–water partition coefficient (Wildman–Crippen LogP) is 3.41. The Kier molecular flexibility index (Phi) is 3.30. The molecule has 0 spiro atoms. The largest absolute Gasteiger partial charge is 0.157 e. The summed E-state index contributed by atoms with van der Waals surface area (Å²) >= 11 is 4.32. The molecule has 70 valence electrons. The summed E-state index contributed by atoms with van der Waals surface area (Å²) in [7, 11) is 0. The molecule has 3 unspecified atom stereocenters. The van der Waals surface area contributed by atoms with Crippen molar-refractivity contribution in [3.05, 3.63) is 0 Å². The summed E-state index contributed by atoms with van der Waals surface area (Å²) in [5.74, 6) is 3.96. The quantitative estimate of drug-likeness (QED) is 0.605. The van der Waals surface area contributed by atoms with Crippen LogP contribution in [0, 0.1) is 5.92 Å². The molecule has 0 amide bonds. The second-order valence-electron chi connectivity index (χ2n) is 3.93. The minimum Gasteiger partial charge on any atom is -0.157 e. The van der Waals surface area contributed by atoms with Gasteiger partial charge in [0.05, 0.1) is 0 Å². The average Bonchev–Trinajstić information content (AvgIpc) is 2.87. The van der Waals surface area contributed by atoms with Crippen molar-refractivity contribution in [3.63, 3.8) is 0 Å². The molecule has 0 N–H and O–H groups in total. The molecule has 2 rings (SSSR count). The molecule has 0 bridgehead atoms. The van der Waals surface area contributed by atoms with Crippen LogP contribution in [0.25, 0.3) is 0 Å². The van der Waals surface area contributed by atoms with Gasteiger partial charge in [0.2, 0.25) is 0 Å². The number of rotatable bonds is 6. The van der Waals surface area contributed by atoms with Crippen LogP contribution in [0.4, 0.5) is 0 Å². The Balaban J connectivity index is 1.55. The minimum atomic E-state index is 1.05. The van der Waals surface area contributed by atoms with Crippen molar-refractivity contribution in [1.82, 2.24) is 0 Å². The molecule has 0 aromatic heterocycles. The van der Waals surface area contributed by atoms with E-state index in [1.807, 2.05) is 0 Å². The van der Waals surface area contributed by atoms with E-state index in [4.69, 9.17) is 0 Å². The topological polar surface area (TPSA) is 0 Å². The van der Waals surface area contributed by atoms with Gasteiger partial charge in [0, 0.05) is 22.0 Å². The molecule has 2 fully saturated rings. The Morgan fingerprint density at radius 2 is 2.08 bits per heavy atom. The monoisotopic (exact) mass is 202 g/mol. The van der Waals surface area contributed by atoms with E-state index in [0.29, 0.717) is 0 Å². The molecule has 2 saturated heterocycles. The summed E-state index contributed by atoms with van der Waals surface area (Å²) in [5, 5.41) is 2.12. The van der Waals surface area contributed by atoms with Gasteiger partial charge in [-0.1, -0.05) is 19.8 Å². The Morgan fingerprint density at radius 3 is 2.58 bits per heavy atom. The Morgan fingerprint density at radius 1 is 1.33 bits per heavy atom. The van der Waals surface area contributed by atoms with Crippen molar-refractivity contribution >= 4 is 23.5 Å². The van der Waals surface area contributed by atoms with Gasteiger partial charge in [-0.25, -0.2) is 0 Å². The van der Waals surface area contributed by atoms with Crippen LogP contribution in [-0.2, 0) is 0 Å². The highest BCUT2D eigenvalue weighted by molar-refractivity contribution is 8.07. The molecular weight excluding hydrogens is 184 g/mol. The van der Waals surface area contributed by atoms with Crippen LogP contribution in [0.3, 0.4) is 0 Å². The molecule has 0 radical (unpaired) electrons. The molecular formula is C10H18S2. The van der Waals surface area contributed by atoms with E-state index in [1.165, 1.54) is 37.2 Å².